The fourth-order valence-corrected chi connectivity index (χ4v) is 5.37. The molecule has 0 spiro atoms. The molecule has 1 aliphatic rings. The van der Waals surface area contributed by atoms with Gasteiger partial charge in [0.2, 0.25) is 10.0 Å². The van der Waals surface area contributed by atoms with Crippen molar-refractivity contribution in [2.45, 2.75) is 24.2 Å². The molecule has 1 fully saturated rings. The molecule has 4 heteroatoms. The molecule has 144 valence electrons. The second-order valence-corrected chi connectivity index (χ2v) is 9.37. The van der Waals surface area contributed by atoms with Gasteiger partial charge in [0.25, 0.3) is 0 Å². The maximum absolute atomic E-state index is 13.0. The van der Waals surface area contributed by atoms with Crippen LogP contribution in [0.3, 0.4) is 0 Å². The molecule has 3 aromatic carbocycles. The third kappa shape index (κ3) is 4.18. The van der Waals surface area contributed by atoms with Crippen LogP contribution in [0.5, 0.6) is 0 Å². The summed E-state index contributed by atoms with van der Waals surface area (Å²) in [5.41, 5.74) is 3.45. The van der Waals surface area contributed by atoms with Crippen molar-refractivity contribution in [2.24, 2.45) is 5.92 Å². The topological polar surface area (TPSA) is 37.4 Å². The van der Waals surface area contributed by atoms with Gasteiger partial charge in [0.15, 0.2) is 0 Å². The van der Waals surface area contributed by atoms with E-state index in [1.54, 1.807) is 16.4 Å². The molecular weight excluding hydrogens is 366 g/mol. The molecule has 0 amide bonds. The third-order valence-electron chi connectivity index (χ3n) is 5.54. The molecule has 0 unspecified atom stereocenters. The largest absolute Gasteiger partial charge is 0.243 e. The summed E-state index contributed by atoms with van der Waals surface area (Å²) in [6.45, 7) is 1.19. The summed E-state index contributed by atoms with van der Waals surface area (Å²) in [4.78, 5) is 0.383. The molecule has 4 rings (SSSR count). The van der Waals surface area contributed by atoms with Crippen molar-refractivity contribution < 1.29 is 8.42 Å². The zero-order valence-corrected chi connectivity index (χ0v) is 16.7. The van der Waals surface area contributed by atoms with Crippen molar-refractivity contribution in [1.29, 1.82) is 0 Å². The lowest BCUT2D eigenvalue weighted by Gasteiger charge is -2.31. The number of hydrogen-bond acceptors (Lipinski definition) is 2. The Bertz CT molecular complexity index is 991. The van der Waals surface area contributed by atoms with E-state index in [1.165, 1.54) is 5.56 Å². The van der Waals surface area contributed by atoms with E-state index >= 15 is 0 Å². The van der Waals surface area contributed by atoms with Crippen molar-refractivity contribution in [3.05, 3.63) is 90.5 Å². The highest BCUT2D eigenvalue weighted by Crippen LogP contribution is 2.27. The van der Waals surface area contributed by atoms with Gasteiger partial charge in [-0.05, 0) is 54.0 Å². The van der Waals surface area contributed by atoms with Gasteiger partial charge in [0.1, 0.15) is 0 Å². The SMILES string of the molecule is O=S(=O)(c1ccc(-c2ccccc2)cc1)N1CCC(Cc2ccccc2)CC1. The highest BCUT2D eigenvalue weighted by atomic mass is 32.2. The van der Waals surface area contributed by atoms with Crippen LogP contribution in [0.4, 0.5) is 0 Å². The lowest BCUT2D eigenvalue weighted by atomic mass is 9.91. The number of benzene rings is 3. The van der Waals surface area contributed by atoms with Gasteiger partial charge in [0, 0.05) is 13.1 Å². The Morgan fingerprint density at radius 1 is 0.714 bits per heavy atom. The van der Waals surface area contributed by atoms with Gasteiger partial charge in [-0.2, -0.15) is 4.31 Å². The van der Waals surface area contributed by atoms with Gasteiger partial charge >= 0.3 is 0 Å². The zero-order chi connectivity index (χ0) is 19.4. The van der Waals surface area contributed by atoms with Crippen molar-refractivity contribution in [2.75, 3.05) is 13.1 Å². The van der Waals surface area contributed by atoms with E-state index in [1.807, 2.05) is 48.5 Å². The van der Waals surface area contributed by atoms with Gasteiger partial charge in [-0.15, -0.1) is 0 Å². The van der Waals surface area contributed by atoms with Crippen LogP contribution < -0.4 is 0 Å². The highest BCUT2D eigenvalue weighted by molar-refractivity contribution is 7.89. The molecule has 3 nitrogen and oxygen atoms in total. The van der Waals surface area contributed by atoms with E-state index in [2.05, 4.69) is 24.3 Å². The van der Waals surface area contributed by atoms with E-state index in [9.17, 15) is 8.42 Å². The Morgan fingerprint density at radius 3 is 1.86 bits per heavy atom. The Labute approximate surface area is 167 Å². The van der Waals surface area contributed by atoms with E-state index < -0.39 is 10.0 Å². The summed E-state index contributed by atoms with van der Waals surface area (Å²) in [6, 6.07) is 27.7. The fourth-order valence-electron chi connectivity index (χ4n) is 3.90. The maximum Gasteiger partial charge on any atom is 0.243 e. The summed E-state index contributed by atoms with van der Waals surface area (Å²) in [5.74, 6) is 0.550. The van der Waals surface area contributed by atoms with Crippen LogP contribution in [0, 0.1) is 5.92 Å². The van der Waals surface area contributed by atoms with Gasteiger partial charge in [-0.3, -0.25) is 0 Å². The smallest absolute Gasteiger partial charge is 0.207 e. The number of nitrogens with zero attached hydrogens (tertiary/aromatic N) is 1. The standard InChI is InChI=1S/C24H25NO2S/c26-28(27,24-13-11-23(12-14-24)22-9-5-2-6-10-22)25-17-15-21(16-18-25)19-20-7-3-1-4-8-20/h1-14,21H,15-19H2. The molecule has 28 heavy (non-hydrogen) atoms. The van der Waals surface area contributed by atoms with Crippen molar-refractivity contribution in [3.8, 4) is 11.1 Å². The second kappa shape index (κ2) is 8.29. The predicted molar refractivity (Wildman–Crippen MR) is 114 cm³/mol. The predicted octanol–water partition coefficient (Wildman–Crippen LogP) is 5.00. The Balaban J connectivity index is 1.41. The van der Waals surface area contributed by atoms with Crippen LogP contribution >= 0.6 is 0 Å². The first kappa shape index (κ1) is 18.9. The van der Waals surface area contributed by atoms with Gasteiger partial charge in [0.05, 0.1) is 4.90 Å². The summed E-state index contributed by atoms with van der Waals surface area (Å²) >= 11 is 0. The lowest BCUT2D eigenvalue weighted by Crippen LogP contribution is -2.38. The van der Waals surface area contributed by atoms with E-state index in [0.717, 1.165) is 30.4 Å². The second-order valence-electron chi connectivity index (χ2n) is 7.43. The van der Waals surface area contributed by atoms with Crippen LogP contribution in [-0.4, -0.2) is 25.8 Å². The quantitative estimate of drug-likeness (QED) is 0.614. The molecule has 0 aliphatic carbocycles. The number of hydrogen-bond donors (Lipinski definition) is 0. The van der Waals surface area contributed by atoms with E-state index in [0.29, 0.717) is 23.9 Å². The lowest BCUT2D eigenvalue weighted by molar-refractivity contribution is 0.273. The van der Waals surface area contributed by atoms with Gasteiger partial charge in [-0.1, -0.05) is 72.8 Å². The van der Waals surface area contributed by atoms with E-state index in [4.69, 9.17) is 0 Å². The maximum atomic E-state index is 13.0. The molecule has 0 aromatic heterocycles. The molecule has 0 saturated carbocycles. The molecule has 1 aliphatic heterocycles. The van der Waals surface area contributed by atoms with Crippen molar-refractivity contribution in [1.82, 2.24) is 4.31 Å². The minimum atomic E-state index is -3.42. The zero-order valence-electron chi connectivity index (χ0n) is 15.9. The number of sulfonamides is 1. The van der Waals surface area contributed by atoms with Crippen molar-refractivity contribution >= 4 is 10.0 Å². The first-order valence-corrected chi connectivity index (χ1v) is 11.3. The molecule has 1 saturated heterocycles. The molecule has 1 heterocycles. The monoisotopic (exact) mass is 391 g/mol. The fraction of sp³-hybridized carbons (Fsp3) is 0.250. The Hall–Kier alpha value is -2.43. The van der Waals surface area contributed by atoms with Crippen LogP contribution in [0.25, 0.3) is 11.1 Å². The average molecular weight is 392 g/mol. The summed E-state index contributed by atoms with van der Waals surface area (Å²) in [7, 11) is -3.42. The molecule has 0 N–H and O–H groups in total. The van der Waals surface area contributed by atoms with Crippen LogP contribution in [0.15, 0.2) is 89.8 Å². The normalized spacial score (nSPS) is 16.1. The Morgan fingerprint density at radius 2 is 1.25 bits per heavy atom. The van der Waals surface area contributed by atoms with Crippen LogP contribution in [-0.2, 0) is 16.4 Å². The first-order chi connectivity index (χ1) is 13.6. The van der Waals surface area contributed by atoms with Gasteiger partial charge in [-0.25, -0.2) is 8.42 Å². The average Bonchev–Trinajstić information content (AvgIpc) is 2.76. The summed E-state index contributed by atoms with van der Waals surface area (Å²) < 4.78 is 27.7. The van der Waals surface area contributed by atoms with E-state index in [-0.39, 0.29) is 0 Å². The summed E-state index contributed by atoms with van der Waals surface area (Å²) in [5, 5.41) is 0. The Kier molecular flexibility index (Phi) is 5.60. The number of piperidine rings is 1. The molecule has 0 bridgehead atoms. The van der Waals surface area contributed by atoms with Crippen LogP contribution in [0.1, 0.15) is 18.4 Å². The van der Waals surface area contributed by atoms with Crippen molar-refractivity contribution in [3.63, 3.8) is 0 Å². The highest BCUT2D eigenvalue weighted by Gasteiger charge is 2.29. The summed E-state index contributed by atoms with van der Waals surface area (Å²) in [6.07, 6.45) is 2.85. The molecule has 0 atom stereocenters. The molecule has 3 aromatic rings. The minimum absolute atomic E-state index is 0.383. The molecule has 0 radical (unpaired) electrons. The number of rotatable bonds is 5. The first-order valence-electron chi connectivity index (χ1n) is 9.82. The molecular formula is C24H25NO2S. The van der Waals surface area contributed by atoms with Crippen LogP contribution in [0.2, 0.25) is 0 Å². The third-order valence-corrected chi connectivity index (χ3v) is 7.45. The minimum Gasteiger partial charge on any atom is -0.207 e. The van der Waals surface area contributed by atoms with Gasteiger partial charge < -0.3 is 0 Å².